The fourth-order valence-electron chi connectivity index (χ4n) is 1.48. The molecule has 1 unspecified atom stereocenters. The predicted octanol–water partition coefficient (Wildman–Crippen LogP) is 3.32. The number of aliphatic carboxylic acids is 1. The van der Waals surface area contributed by atoms with E-state index in [-0.39, 0.29) is 27.8 Å². The van der Waals surface area contributed by atoms with Crippen LogP contribution in [-0.4, -0.2) is 28.3 Å². The molecule has 0 aliphatic heterocycles. The molecule has 0 spiro atoms. The molecule has 1 aromatic carbocycles. The molecule has 104 valence electrons. The van der Waals surface area contributed by atoms with Crippen LogP contribution in [0.25, 0.3) is 0 Å². The predicted molar refractivity (Wildman–Crippen MR) is 70.4 cm³/mol. The van der Waals surface area contributed by atoms with Gasteiger partial charge < -0.3 is 14.9 Å². The van der Waals surface area contributed by atoms with Crippen LogP contribution in [0.1, 0.15) is 30.1 Å². The Bertz CT molecular complexity index is 501. The van der Waals surface area contributed by atoms with E-state index in [1.54, 1.807) is 6.92 Å². The molecule has 0 aliphatic rings. The highest BCUT2D eigenvalue weighted by Crippen LogP contribution is 2.33. The van der Waals surface area contributed by atoms with E-state index in [2.05, 4.69) is 0 Å². The highest BCUT2D eigenvalue weighted by molar-refractivity contribution is 6.36. The zero-order chi connectivity index (χ0) is 14.6. The summed E-state index contributed by atoms with van der Waals surface area (Å²) >= 11 is 11.6. The maximum absolute atomic E-state index is 11.1. The van der Waals surface area contributed by atoms with Gasteiger partial charge in [-0.2, -0.15) is 0 Å². The molecule has 0 saturated carbocycles. The van der Waals surface area contributed by atoms with Gasteiger partial charge in [0.2, 0.25) is 0 Å². The number of aromatic carboxylic acids is 1. The second kappa shape index (κ2) is 6.63. The highest BCUT2D eigenvalue weighted by Gasteiger charge is 2.24. The molecule has 0 radical (unpaired) electrons. The molecule has 1 atom stereocenters. The third-order valence-electron chi connectivity index (χ3n) is 2.33. The minimum Gasteiger partial charge on any atom is -0.479 e. The number of hydrogen-bond donors (Lipinski definition) is 2. The van der Waals surface area contributed by atoms with E-state index in [1.807, 2.05) is 0 Å². The Morgan fingerprint density at radius 2 is 1.95 bits per heavy atom. The Kier molecular flexibility index (Phi) is 5.44. The maximum Gasteiger partial charge on any atom is 0.344 e. The molecule has 5 nitrogen and oxygen atoms in total. The zero-order valence-electron chi connectivity index (χ0n) is 10.0. The van der Waals surface area contributed by atoms with Crippen LogP contribution < -0.4 is 4.74 Å². The van der Waals surface area contributed by atoms with Crippen LogP contribution in [0.2, 0.25) is 10.0 Å². The first-order valence-corrected chi connectivity index (χ1v) is 6.24. The van der Waals surface area contributed by atoms with Gasteiger partial charge in [0.15, 0.2) is 11.9 Å². The normalized spacial score (nSPS) is 11.9. The molecule has 0 aromatic heterocycles. The topological polar surface area (TPSA) is 83.8 Å². The van der Waals surface area contributed by atoms with E-state index >= 15 is 0 Å². The zero-order valence-corrected chi connectivity index (χ0v) is 11.5. The van der Waals surface area contributed by atoms with Gasteiger partial charge in [-0.1, -0.05) is 36.5 Å². The summed E-state index contributed by atoms with van der Waals surface area (Å²) in [5, 5.41) is 18.2. The number of ether oxygens (including phenoxy) is 1. The lowest BCUT2D eigenvalue weighted by Crippen LogP contribution is -2.27. The first kappa shape index (κ1) is 15.6. The Hall–Kier alpha value is -1.46. The van der Waals surface area contributed by atoms with E-state index in [9.17, 15) is 9.59 Å². The first-order valence-electron chi connectivity index (χ1n) is 5.48. The molecule has 2 N–H and O–H groups in total. The van der Waals surface area contributed by atoms with Crippen LogP contribution in [0.3, 0.4) is 0 Å². The van der Waals surface area contributed by atoms with Crippen LogP contribution in [-0.2, 0) is 4.79 Å². The van der Waals surface area contributed by atoms with Crippen molar-refractivity contribution in [1.29, 1.82) is 0 Å². The minimum absolute atomic E-state index is 0.0350. The molecule has 1 aromatic rings. The van der Waals surface area contributed by atoms with Crippen LogP contribution in [0.4, 0.5) is 0 Å². The molecule has 0 saturated heterocycles. The summed E-state index contributed by atoms with van der Waals surface area (Å²) in [4.78, 5) is 22.1. The van der Waals surface area contributed by atoms with Crippen molar-refractivity contribution in [3.63, 3.8) is 0 Å². The van der Waals surface area contributed by atoms with E-state index < -0.39 is 18.0 Å². The van der Waals surface area contributed by atoms with Crippen molar-refractivity contribution in [1.82, 2.24) is 0 Å². The van der Waals surface area contributed by atoms with Crippen molar-refractivity contribution in [3.8, 4) is 5.75 Å². The largest absolute Gasteiger partial charge is 0.479 e. The van der Waals surface area contributed by atoms with Gasteiger partial charge in [-0.25, -0.2) is 9.59 Å². The number of benzene rings is 1. The quantitative estimate of drug-likeness (QED) is 0.842. The van der Waals surface area contributed by atoms with Gasteiger partial charge in [0, 0.05) is 5.02 Å². The third-order valence-corrected chi connectivity index (χ3v) is 2.82. The summed E-state index contributed by atoms with van der Waals surface area (Å²) in [6, 6.07) is 2.46. The van der Waals surface area contributed by atoms with Crippen molar-refractivity contribution < 1.29 is 24.5 Å². The summed E-state index contributed by atoms with van der Waals surface area (Å²) in [5.41, 5.74) is -0.264. The Morgan fingerprint density at radius 1 is 1.32 bits per heavy atom. The molecule has 1 rings (SSSR count). The second-order valence-electron chi connectivity index (χ2n) is 3.80. The first-order chi connectivity index (χ1) is 8.86. The fraction of sp³-hybridized carbons (Fsp3) is 0.333. The minimum atomic E-state index is -1.29. The molecular weight excluding hydrogens is 295 g/mol. The summed E-state index contributed by atoms with van der Waals surface area (Å²) in [7, 11) is 0. The average molecular weight is 307 g/mol. The summed E-state index contributed by atoms with van der Waals surface area (Å²) < 4.78 is 5.22. The van der Waals surface area contributed by atoms with Crippen molar-refractivity contribution in [2.24, 2.45) is 0 Å². The Balaban J connectivity index is 3.18. The van der Waals surface area contributed by atoms with Gasteiger partial charge >= 0.3 is 11.9 Å². The van der Waals surface area contributed by atoms with Gasteiger partial charge in [0.25, 0.3) is 0 Å². The van der Waals surface area contributed by atoms with Crippen molar-refractivity contribution >= 4 is 35.1 Å². The van der Waals surface area contributed by atoms with Crippen molar-refractivity contribution in [3.05, 3.63) is 27.7 Å². The van der Waals surface area contributed by atoms with Crippen molar-refractivity contribution in [2.45, 2.75) is 25.9 Å². The lowest BCUT2D eigenvalue weighted by atomic mass is 10.1. The molecule has 7 heteroatoms. The smallest absolute Gasteiger partial charge is 0.344 e. The summed E-state index contributed by atoms with van der Waals surface area (Å²) in [6.45, 7) is 1.79. The van der Waals surface area contributed by atoms with Crippen LogP contribution >= 0.6 is 23.2 Å². The monoisotopic (exact) mass is 306 g/mol. The van der Waals surface area contributed by atoms with Crippen LogP contribution in [0.5, 0.6) is 5.75 Å². The SMILES string of the molecule is CCCC(Oc1c(Cl)cc(Cl)cc1C(=O)O)C(=O)O. The lowest BCUT2D eigenvalue weighted by Gasteiger charge is -2.17. The van der Waals surface area contributed by atoms with Gasteiger partial charge in [-0.3, -0.25) is 0 Å². The molecule has 0 bridgehead atoms. The van der Waals surface area contributed by atoms with Crippen LogP contribution in [0, 0.1) is 0 Å². The Labute approximate surface area is 119 Å². The second-order valence-corrected chi connectivity index (χ2v) is 4.65. The number of hydrogen-bond acceptors (Lipinski definition) is 3. The van der Waals surface area contributed by atoms with E-state index in [0.717, 1.165) is 6.07 Å². The standard InChI is InChI=1S/C12H12Cl2O5/c1-2-3-9(12(17)18)19-10-7(11(15)16)4-6(13)5-8(10)14/h4-5,9H,2-3H2,1H3,(H,15,16)(H,17,18). The van der Waals surface area contributed by atoms with E-state index in [0.29, 0.717) is 6.42 Å². The van der Waals surface area contributed by atoms with Gasteiger partial charge in [-0.15, -0.1) is 0 Å². The molecule has 0 fully saturated rings. The van der Waals surface area contributed by atoms with Crippen LogP contribution in [0.15, 0.2) is 12.1 Å². The number of carboxylic acids is 2. The highest BCUT2D eigenvalue weighted by atomic mass is 35.5. The van der Waals surface area contributed by atoms with Gasteiger partial charge in [-0.05, 0) is 18.6 Å². The Morgan fingerprint density at radius 3 is 2.42 bits per heavy atom. The van der Waals surface area contributed by atoms with E-state index in [1.165, 1.54) is 6.07 Å². The van der Waals surface area contributed by atoms with E-state index in [4.69, 9.17) is 38.2 Å². The maximum atomic E-state index is 11.1. The fourth-order valence-corrected chi connectivity index (χ4v) is 2.01. The van der Waals surface area contributed by atoms with Gasteiger partial charge in [0.1, 0.15) is 5.56 Å². The number of rotatable bonds is 6. The summed E-state index contributed by atoms with van der Waals surface area (Å²) in [5.74, 6) is -2.65. The average Bonchev–Trinajstić information content (AvgIpc) is 2.30. The van der Waals surface area contributed by atoms with Crippen molar-refractivity contribution in [2.75, 3.05) is 0 Å². The molecule has 0 aliphatic carbocycles. The molecular formula is C12H12Cl2O5. The number of halogens is 2. The molecule has 19 heavy (non-hydrogen) atoms. The third kappa shape index (κ3) is 4.01. The lowest BCUT2D eigenvalue weighted by molar-refractivity contribution is -0.145. The van der Waals surface area contributed by atoms with Gasteiger partial charge in [0.05, 0.1) is 5.02 Å². The number of carboxylic acid groups (broad SMARTS) is 2. The number of carbonyl (C=O) groups is 2. The molecule has 0 amide bonds. The summed E-state index contributed by atoms with van der Waals surface area (Å²) in [6.07, 6.45) is -0.334. The molecule has 0 heterocycles.